The summed E-state index contributed by atoms with van der Waals surface area (Å²) in [6, 6.07) is 7.56. The number of hydrogen-bond acceptors (Lipinski definition) is 5. The van der Waals surface area contributed by atoms with Crippen molar-refractivity contribution in [3.05, 3.63) is 24.3 Å². The van der Waals surface area contributed by atoms with E-state index < -0.39 is 0 Å². The molecule has 0 fully saturated rings. The summed E-state index contributed by atoms with van der Waals surface area (Å²) in [7, 11) is 0. The van der Waals surface area contributed by atoms with E-state index in [1.807, 2.05) is 37.4 Å². The van der Waals surface area contributed by atoms with Crippen molar-refractivity contribution in [3.8, 4) is 0 Å². The third-order valence-electron chi connectivity index (χ3n) is 2.96. The SMILES string of the molecule is CC/C=N/C(CC)/C(=N/CC)On1nnc2ccccc21. The fourth-order valence-electron chi connectivity index (χ4n) is 1.93. The van der Waals surface area contributed by atoms with Gasteiger partial charge in [-0.05, 0) is 43.3 Å². The van der Waals surface area contributed by atoms with Gasteiger partial charge < -0.3 is 4.84 Å². The van der Waals surface area contributed by atoms with Crippen LogP contribution in [0.25, 0.3) is 11.0 Å². The van der Waals surface area contributed by atoms with Gasteiger partial charge in [-0.1, -0.05) is 30.8 Å². The maximum absolute atomic E-state index is 5.84. The highest BCUT2D eigenvalue weighted by Gasteiger charge is 2.17. The van der Waals surface area contributed by atoms with E-state index in [0.717, 1.165) is 23.9 Å². The standard InChI is InChI=1S/C15H21N5O/c1-4-11-17-12(5-2)15(16-6-3)21-20-14-10-8-7-9-13(14)18-19-20/h7-12H,4-6H2,1-3H3/b16-15-,17-11+. The second-order valence-corrected chi connectivity index (χ2v) is 4.52. The predicted octanol–water partition coefficient (Wildman–Crippen LogP) is 2.54. The second-order valence-electron chi connectivity index (χ2n) is 4.52. The minimum absolute atomic E-state index is 0.0899. The molecule has 1 aromatic heterocycles. The highest BCUT2D eigenvalue weighted by molar-refractivity contribution is 5.84. The molecule has 0 aliphatic heterocycles. The van der Waals surface area contributed by atoms with Crippen LogP contribution in [0, 0.1) is 0 Å². The van der Waals surface area contributed by atoms with Crippen LogP contribution in [0.3, 0.4) is 0 Å². The summed E-state index contributed by atoms with van der Waals surface area (Å²) in [6.07, 6.45) is 3.60. The molecule has 0 aliphatic rings. The number of benzene rings is 1. The summed E-state index contributed by atoms with van der Waals surface area (Å²) in [5, 5.41) is 8.10. The van der Waals surface area contributed by atoms with E-state index >= 15 is 0 Å². The number of aliphatic imine (C=N–C) groups is 2. The Balaban J connectivity index is 2.27. The van der Waals surface area contributed by atoms with Crippen molar-refractivity contribution in [2.45, 2.75) is 39.7 Å². The average Bonchev–Trinajstić information content (AvgIpc) is 2.91. The van der Waals surface area contributed by atoms with Crippen molar-refractivity contribution in [2.75, 3.05) is 6.54 Å². The van der Waals surface area contributed by atoms with Crippen LogP contribution in [0.1, 0.15) is 33.6 Å². The number of rotatable bonds is 6. The molecule has 1 atom stereocenters. The van der Waals surface area contributed by atoms with Gasteiger partial charge in [0.15, 0.2) is 0 Å². The molecule has 0 spiro atoms. The van der Waals surface area contributed by atoms with E-state index in [9.17, 15) is 0 Å². The van der Waals surface area contributed by atoms with Crippen molar-refractivity contribution < 1.29 is 4.84 Å². The summed E-state index contributed by atoms with van der Waals surface area (Å²) in [6.45, 7) is 6.73. The molecule has 0 N–H and O–H groups in total. The monoisotopic (exact) mass is 287 g/mol. The highest BCUT2D eigenvalue weighted by Crippen LogP contribution is 2.09. The summed E-state index contributed by atoms with van der Waals surface area (Å²) in [4.78, 5) is 16.2. The molecule has 0 radical (unpaired) electrons. The second kappa shape index (κ2) is 7.52. The van der Waals surface area contributed by atoms with Gasteiger partial charge in [0.05, 0.1) is 0 Å². The fraction of sp³-hybridized carbons (Fsp3) is 0.467. The lowest BCUT2D eigenvalue weighted by atomic mass is 10.2. The predicted molar refractivity (Wildman–Crippen MR) is 84.9 cm³/mol. The van der Waals surface area contributed by atoms with Crippen molar-refractivity contribution >= 4 is 23.1 Å². The topological polar surface area (TPSA) is 64.7 Å². The van der Waals surface area contributed by atoms with Gasteiger partial charge in [-0.2, -0.15) is 0 Å². The smallest absolute Gasteiger partial charge is 0.244 e. The first-order valence-corrected chi connectivity index (χ1v) is 7.34. The van der Waals surface area contributed by atoms with E-state index in [0.29, 0.717) is 12.4 Å². The van der Waals surface area contributed by atoms with E-state index in [1.165, 1.54) is 4.85 Å². The zero-order valence-electron chi connectivity index (χ0n) is 12.7. The minimum Gasteiger partial charge on any atom is -0.338 e. The summed E-state index contributed by atoms with van der Waals surface area (Å²) >= 11 is 0. The van der Waals surface area contributed by atoms with Gasteiger partial charge in [-0.25, -0.2) is 0 Å². The minimum atomic E-state index is -0.0899. The van der Waals surface area contributed by atoms with Gasteiger partial charge in [-0.3, -0.25) is 9.98 Å². The quantitative estimate of drug-likeness (QED) is 0.606. The zero-order chi connectivity index (χ0) is 15.1. The summed E-state index contributed by atoms with van der Waals surface area (Å²) in [5.74, 6) is 0.570. The fourth-order valence-corrected chi connectivity index (χ4v) is 1.93. The largest absolute Gasteiger partial charge is 0.338 e. The van der Waals surface area contributed by atoms with Crippen LogP contribution in [0.4, 0.5) is 0 Å². The Kier molecular flexibility index (Phi) is 5.43. The van der Waals surface area contributed by atoms with Crippen molar-refractivity contribution in [1.29, 1.82) is 0 Å². The highest BCUT2D eigenvalue weighted by atomic mass is 16.7. The Hall–Kier alpha value is -2.24. The van der Waals surface area contributed by atoms with Gasteiger partial charge in [0.25, 0.3) is 0 Å². The number of para-hydroxylation sites is 1. The first-order chi connectivity index (χ1) is 10.3. The molecule has 1 aromatic carbocycles. The molecule has 6 heteroatoms. The molecule has 0 bridgehead atoms. The van der Waals surface area contributed by atoms with Crippen LogP contribution in [0.15, 0.2) is 34.3 Å². The van der Waals surface area contributed by atoms with E-state index in [-0.39, 0.29) is 6.04 Å². The maximum Gasteiger partial charge on any atom is 0.244 e. The first-order valence-electron chi connectivity index (χ1n) is 7.34. The molecule has 0 saturated carbocycles. The first kappa shape index (κ1) is 15.2. The molecule has 0 amide bonds. The number of fused-ring (bicyclic) bond motifs is 1. The Morgan fingerprint density at radius 1 is 1.33 bits per heavy atom. The molecule has 2 aromatic rings. The lowest BCUT2D eigenvalue weighted by Crippen LogP contribution is -2.31. The van der Waals surface area contributed by atoms with Crippen LogP contribution in [0.5, 0.6) is 0 Å². The molecule has 1 heterocycles. The van der Waals surface area contributed by atoms with Gasteiger partial charge in [0.1, 0.15) is 17.1 Å². The third kappa shape index (κ3) is 3.65. The summed E-state index contributed by atoms with van der Waals surface area (Å²) in [5.41, 5.74) is 1.61. The summed E-state index contributed by atoms with van der Waals surface area (Å²) < 4.78 is 0. The van der Waals surface area contributed by atoms with Crippen LogP contribution >= 0.6 is 0 Å². The Bertz CT molecular complexity index is 632. The molecule has 0 saturated heterocycles. The molecule has 2 rings (SSSR count). The molecule has 1 unspecified atom stereocenters. The van der Waals surface area contributed by atoms with Crippen LogP contribution in [-0.2, 0) is 0 Å². The van der Waals surface area contributed by atoms with Gasteiger partial charge in [0, 0.05) is 6.54 Å². The Labute approximate surface area is 124 Å². The van der Waals surface area contributed by atoms with Gasteiger partial charge >= 0.3 is 0 Å². The molecule has 112 valence electrons. The third-order valence-corrected chi connectivity index (χ3v) is 2.96. The van der Waals surface area contributed by atoms with Crippen molar-refractivity contribution in [3.63, 3.8) is 0 Å². The van der Waals surface area contributed by atoms with Gasteiger partial charge in [0.2, 0.25) is 5.90 Å². The number of hydrogen-bond donors (Lipinski definition) is 0. The average molecular weight is 287 g/mol. The molecule has 6 nitrogen and oxygen atoms in total. The molecule has 21 heavy (non-hydrogen) atoms. The molecular formula is C15H21N5O. The van der Waals surface area contributed by atoms with E-state index in [2.05, 4.69) is 34.1 Å². The number of nitrogens with zero attached hydrogens (tertiary/aromatic N) is 5. The zero-order valence-corrected chi connectivity index (χ0v) is 12.7. The Morgan fingerprint density at radius 3 is 2.86 bits per heavy atom. The van der Waals surface area contributed by atoms with E-state index in [1.54, 1.807) is 0 Å². The number of aromatic nitrogens is 3. The van der Waals surface area contributed by atoms with Crippen LogP contribution in [-0.4, -0.2) is 39.9 Å². The lowest BCUT2D eigenvalue weighted by Gasteiger charge is -2.13. The van der Waals surface area contributed by atoms with E-state index in [4.69, 9.17) is 4.84 Å². The Morgan fingerprint density at radius 2 is 2.14 bits per heavy atom. The van der Waals surface area contributed by atoms with Crippen LogP contribution in [0.2, 0.25) is 0 Å². The van der Waals surface area contributed by atoms with Gasteiger partial charge in [-0.15, -0.1) is 5.10 Å². The van der Waals surface area contributed by atoms with Crippen molar-refractivity contribution in [2.24, 2.45) is 9.98 Å². The molecular weight excluding hydrogens is 266 g/mol. The van der Waals surface area contributed by atoms with Crippen molar-refractivity contribution in [1.82, 2.24) is 15.2 Å². The molecule has 0 aliphatic carbocycles. The maximum atomic E-state index is 5.84. The lowest BCUT2D eigenvalue weighted by molar-refractivity contribution is 0.215. The van der Waals surface area contributed by atoms with Crippen LogP contribution < -0.4 is 4.84 Å². The normalized spacial score (nSPS) is 14.0.